The van der Waals surface area contributed by atoms with Gasteiger partial charge in [-0.2, -0.15) is 0 Å². The molecule has 3 N–H and O–H groups in total. The van der Waals surface area contributed by atoms with E-state index in [1.165, 1.54) is 16.5 Å². The van der Waals surface area contributed by atoms with Crippen LogP contribution in [-0.2, 0) is 0 Å². The van der Waals surface area contributed by atoms with E-state index in [-0.39, 0.29) is 6.04 Å². The number of hydrogen-bond acceptors (Lipinski definition) is 3. The highest BCUT2D eigenvalue weighted by atomic mass is 16.5. The molecule has 0 amide bonds. The van der Waals surface area contributed by atoms with Crippen LogP contribution < -0.4 is 10.5 Å². The second-order valence-corrected chi connectivity index (χ2v) is 6.99. The van der Waals surface area contributed by atoms with Crippen LogP contribution >= 0.6 is 0 Å². The zero-order valence-electron chi connectivity index (χ0n) is 15.8. The first-order chi connectivity index (χ1) is 13.2. The fraction of sp³-hybridized carbons (Fsp3) is 0.261. The number of nitrogens with two attached hydrogens (primary N) is 1. The number of benzene rings is 2. The Morgan fingerprint density at radius 3 is 2.59 bits per heavy atom. The molecule has 2 aromatic heterocycles. The Hall–Kier alpha value is -2.85. The van der Waals surface area contributed by atoms with Crippen LogP contribution in [0.3, 0.4) is 0 Å². The average Bonchev–Trinajstić information content (AvgIpc) is 3.10. The SMILES string of the molecule is CCCCC(N)c1ccnc2[nH]c3ccc(-c4ccc(OC)cc4)cc3c12. The highest BCUT2D eigenvalue weighted by molar-refractivity contribution is 6.09. The third-order valence-electron chi connectivity index (χ3n) is 5.22. The molecule has 0 bridgehead atoms. The number of ether oxygens (including phenoxy) is 1. The topological polar surface area (TPSA) is 63.9 Å². The number of H-pyrrole nitrogens is 1. The second kappa shape index (κ2) is 7.41. The molecule has 4 rings (SSSR count). The molecule has 4 heteroatoms. The second-order valence-electron chi connectivity index (χ2n) is 6.99. The van der Waals surface area contributed by atoms with Gasteiger partial charge in [0.15, 0.2) is 0 Å². The van der Waals surface area contributed by atoms with E-state index in [1.807, 2.05) is 18.3 Å². The van der Waals surface area contributed by atoms with Gasteiger partial charge < -0.3 is 15.5 Å². The molecule has 27 heavy (non-hydrogen) atoms. The third-order valence-corrected chi connectivity index (χ3v) is 5.22. The smallest absolute Gasteiger partial charge is 0.138 e. The normalized spacial score (nSPS) is 12.6. The van der Waals surface area contributed by atoms with Gasteiger partial charge >= 0.3 is 0 Å². The van der Waals surface area contributed by atoms with Gasteiger partial charge in [-0.15, -0.1) is 0 Å². The Morgan fingerprint density at radius 1 is 1.07 bits per heavy atom. The Labute approximate surface area is 159 Å². The Kier molecular flexibility index (Phi) is 4.82. The number of hydrogen-bond donors (Lipinski definition) is 2. The highest BCUT2D eigenvalue weighted by Gasteiger charge is 2.15. The van der Waals surface area contributed by atoms with Gasteiger partial charge in [0.25, 0.3) is 0 Å². The fourth-order valence-electron chi connectivity index (χ4n) is 3.69. The van der Waals surface area contributed by atoms with Gasteiger partial charge in [0, 0.05) is 28.5 Å². The molecule has 0 spiro atoms. The van der Waals surface area contributed by atoms with Gasteiger partial charge in [-0.3, -0.25) is 0 Å². The quantitative estimate of drug-likeness (QED) is 0.472. The largest absolute Gasteiger partial charge is 0.497 e. The fourth-order valence-corrected chi connectivity index (χ4v) is 3.69. The van der Waals surface area contributed by atoms with Crippen molar-refractivity contribution in [1.82, 2.24) is 9.97 Å². The van der Waals surface area contributed by atoms with Crippen LogP contribution in [-0.4, -0.2) is 17.1 Å². The lowest BCUT2D eigenvalue weighted by atomic mass is 9.97. The summed E-state index contributed by atoms with van der Waals surface area (Å²) < 4.78 is 5.27. The lowest BCUT2D eigenvalue weighted by Gasteiger charge is -2.13. The zero-order valence-corrected chi connectivity index (χ0v) is 15.8. The zero-order chi connectivity index (χ0) is 18.8. The van der Waals surface area contributed by atoms with Gasteiger partial charge in [0.2, 0.25) is 0 Å². The molecule has 2 heterocycles. The molecule has 2 aromatic carbocycles. The van der Waals surface area contributed by atoms with Crippen LogP contribution in [0.5, 0.6) is 5.75 Å². The number of fused-ring (bicyclic) bond motifs is 3. The molecule has 138 valence electrons. The minimum absolute atomic E-state index is 0.0269. The van der Waals surface area contributed by atoms with Crippen molar-refractivity contribution in [3.63, 3.8) is 0 Å². The van der Waals surface area contributed by atoms with Crippen molar-refractivity contribution in [3.8, 4) is 16.9 Å². The monoisotopic (exact) mass is 359 g/mol. The van der Waals surface area contributed by atoms with Crippen molar-refractivity contribution in [2.45, 2.75) is 32.2 Å². The summed E-state index contributed by atoms with van der Waals surface area (Å²) in [4.78, 5) is 7.98. The molecular formula is C23H25N3O. The molecule has 1 unspecified atom stereocenters. The summed E-state index contributed by atoms with van der Waals surface area (Å²) in [6.07, 6.45) is 5.12. The summed E-state index contributed by atoms with van der Waals surface area (Å²) in [5.74, 6) is 0.861. The van der Waals surface area contributed by atoms with E-state index in [1.54, 1.807) is 7.11 Å². The average molecular weight is 359 g/mol. The van der Waals surface area contributed by atoms with E-state index in [9.17, 15) is 0 Å². The number of pyridine rings is 1. The highest BCUT2D eigenvalue weighted by Crippen LogP contribution is 2.34. The number of methoxy groups -OCH3 is 1. The summed E-state index contributed by atoms with van der Waals surface area (Å²) in [5, 5.41) is 2.32. The summed E-state index contributed by atoms with van der Waals surface area (Å²) in [6, 6.07) is 16.7. The third kappa shape index (κ3) is 3.28. The van der Waals surface area contributed by atoms with Crippen molar-refractivity contribution in [1.29, 1.82) is 0 Å². The Bertz CT molecular complexity index is 1070. The van der Waals surface area contributed by atoms with E-state index in [4.69, 9.17) is 10.5 Å². The molecule has 0 aliphatic heterocycles. The molecule has 4 aromatic rings. The summed E-state index contributed by atoms with van der Waals surface area (Å²) in [5.41, 5.74) is 12.0. The van der Waals surface area contributed by atoms with Crippen LogP contribution in [0.15, 0.2) is 54.7 Å². The molecule has 0 saturated heterocycles. The number of nitrogens with zero attached hydrogens (tertiary/aromatic N) is 1. The Morgan fingerprint density at radius 2 is 1.85 bits per heavy atom. The van der Waals surface area contributed by atoms with E-state index in [0.29, 0.717) is 0 Å². The van der Waals surface area contributed by atoms with E-state index in [2.05, 4.69) is 53.3 Å². The molecular weight excluding hydrogens is 334 g/mol. The van der Waals surface area contributed by atoms with Crippen molar-refractivity contribution in [2.24, 2.45) is 5.73 Å². The molecule has 0 aliphatic rings. The first-order valence-electron chi connectivity index (χ1n) is 9.51. The van der Waals surface area contributed by atoms with E-state index >= 15 is 0 Å². The first kappa shape index (κ1) is 17.6. The molecule has 0 fully saturated rings. The number of nitrogens with one attached hydrogen (secondary N) is 1. The first-order valence-corrected chi connectivity index (χ1v) is 9.51. The maximum atomic E-state index is 6.52. The number of unbranched alkanes of at least 4 members (excludes halogenated alkanes) is 1. The van der Waals surface area contributed by atoms with Crippen LogP contribution in [0, 0.1) is 0 Å². The maximum Gasteiger partial charge on any atom is 0.138 e. The molecule has 4 nitrogen and oxygen atoms in total. The predicted molar refractivity (Wildman–Crippen MR) is 112 cm³/mol. The van der Waals surface area contributed by atoms with Crippen molar-refractivity contribution >= 4 is 21.9 Å². The summed E-state index contributed by atoms with van der Waals surface area (Å²) in [6.45, 7) is 2.20. The van der Waals surface area contributed by atoms with Gasteiger partial charge in [-0.1, -0.05) is 38.0 Å². The van der Waals surface area contributed by atoms with Crippen LogP contribution in [0.2, 0.25) is 0 Å². The molecule has 1 atom stereocenters. The summed E-state index contributed by atoms with van der Waals surface area (Å²) in [7, 11) is 1.68. The van der Waals surface area contributed by atoms with E-state index in [0.717, 1.165) is 47.1 Å². The van der Waals surface area contributed by atoms with Gasteiger partial charge in [0.1, 0.15) is 11.4 Å². The minimum Gasteiger partial charge on any atom is -0.497 e. The lowest BCUT2D eigenvalue weighted by molar-refractivity contribution is 0.415. The standard InChI is InChI=1S/C23H25N3O/c1-3-4-5-20(24)18-12-13-25-23-22(18)19-14-16(8-11-21(19)26-23)15-6-9-17(27-2)10-7-15/h6-14,20H,3-5,24H2,1-2H3,(H,25,26). The van der Waals surface area contributed by atoms with Crippen molar-refractivity contribution in [2.75, 3.05) is 7.11 Å². The molecule has 0 saturated carbocycles. The van der Waals surface area contributed by atoms with E-state index < -0.39 is 0 Å². The minimum atomic E-state index is 0.0269. The van der Waals surface area contributed by atoms with Crippen LogP contribution in [0.25, 0.3) is 33.1 Å². The molecule has 0 radical (unpaired) electrons. The summed E-state index contributed by atoms with van der Waals surface area (Å²) >= 11 is 0. The van der Waals surface area contributed by atoms with Crippen molar-refractivity contribution < 1.29 is 4.74 Å². The van der Waals surface area contributed by atoms with Gasteiger partial charge in [-0.05, 0) is 53.4 Å². The van der Waals surface area contributed by atoms with Crippen LogP contribution in [0.1, 0.15) is 37.8 Å². The van der Waals surface area contributed by atoms with Gasteiger partial charge in [0.05, 0.1) is 7.11 Å². The van der Waals surface area contributed by atoms with Crippen molar-refractivity contribution in [3.05, 3.63) is 60.3 Å². The number of aromatic nitrogens is 2. The number of rotatable bonds is 6. The van der Waals surface area contributed by atoms with Gasteiger partial charge in [-0.25, -0.2) is 4.98 Å². The lowest BCUT2D eigenvalue weighted by Crippen LogP contribution is -2.10. The van der Waals surface area contributed by atoms with Crippen LogP contribution in [0.4, 0.5) is 0 Å². The Balaban J connectivity index is 1.84. The molecule has 0 aliphatic carbocycles. The number of aromatic amines is 1. The maximum absolute atomic E-state index is 6.52. The predicted octanol–water partition coefficient (Wildman–Crippen LogP) is 5.58.